The summed E-state index contributed by atoms with van der Waals surface area (Å²) in [4.78, 5) is 29.1. The van der Waals surface area contributed by atoms with Crippen LogP contribution in [0.1, 0.15) is 35.2 Å². The number of carbonyl (C=O) groups is 1. The Morgan fingerprint density at radius 1 is 1.22 bits per heavy atom. The monoisotopic (exact) mass is 450 g/mol. The van der Waals surface area contributed by atoms with Crippen molar-refractivity contribution in [1.82, 2.24) is 4.98 Å². The molecule has 4 rings (SSSR count). The van der Waals surface area contributed by atoms with Crippen LogP contribution in [0.25, 0.3) is 10.9 Å². The Kier molecular flexibility index (Phi) is 5.73. The predicted molar refractivity (Wildman–Crippen MR) is 131 cm³/mol. The van der Waals surface area contributed by atoms with Gasteiger partial charge in [-0.1, -0.05) is 44.3 Å². The number of phenols is 1. The first-order valence-electron chi connectivity index (χ1n) is 10.9. The number of aromatic nitrogens is 1. The number of phenolic OH excluding ortho intramolecular Hbond substituents is 1. The summed E-state index contributed by atoms with van der Waals surface area (Å²) in [6, 6.07) is 10.8. The molecule has 1 aliphatic carbocycles. The number of aromatic amines is 1. The smallest absolute Gasteiger partial charge is 0.261 e. The van der Waals surface area contributed by atoms with Crippen LogP contribution in [-0.4, -0.2) is 37.8 Å². The minimum absolute atomic E-state index is 0.0396. The Balaban J connectivity index is 1.80. The lowest BCUT2D eigenvalue weighted by molar-refractivity contribution is 0.0795. The SMILES string of the molecule is COCC1(c2cc([Si](C)(C)C)c(O)cc2NC(=O)c2c[nH]c3ccccc3c2=O)CCC1. The van der Waals surface area contributed by atoms with Gasteiger partial charge in [0.15, 0.2) is 0 Å². The normalized spacial score (nSPS) is 15.4. The van der Waals surface area contributed by atoms with Gasteiger partial charge in [0.1, 0.15) is 11.3 Å². The van der Waals surface area contributed by atoms with Crippen LogP contribution in [0.4, 0.5) is 5.69 Å². The van der Waals surface area contributed by atoms with Gasteiger partial charge in [-0.15, -0.1) is 0 Å². The molecule has 1 heterocycles. The van der Waals surface area contributed by atoms with Crippen molar-refractivity contribution in [3.63, 3.8) is 0 Å². The van der Waals surface area contributed by atoms with E-state index in [1.54, 1.807) is 31.4 Å². The molecule has 1 aromatic heterocycles. The third kappa shape index (κ3) is 3.87. The number of carbonyl (C=O) groups excluding carboxylic acids is 1. The molecule has 2 aromatic carbocycles. The summed E-state index contributed by atoms with van der Waals surface area (Å²) in [5, 5.41) is 15.1. The summed E-state index contributed by atoms with van der Waals surface area (Å²) in [5.74, 6) is -0.312. The number of para-hydroxylation sites is 1. The van der Waals surface area contributed by atoms with Crippen molar-refractivity contribution in [3.8, 4) is 5.75 Å². The van der Waals surface area contributed by atoms with Gasteiger partial charge in [0.05, 0.1) is 14.7 Å². The number of benzene rings is 2. The highest BCUT2D eigenvalue weighted by Crippen LogP contribution is 2.47. The zero-order valence-corrected chi connectivity index (χ0v) is 20.0. The first-order valence-corrected chi connectivity index (χ1v) is 14.4. The van der Waals surface area contributed by atoms with E-state index in [-0.39, 0.29) is 22.2 Å². The van der Waals surface area contributed by atoms with E-state index in [0.717, 1.165) is 30.0 Å². The maximum absolute atomic E-state index is 13.2. The van der Waals surface area contributed by atoms with E-state index in [1.807, 2.05) is 6.07 Å². The molecule has 0 radical (unpaired) electrons. The van der Waals surface area contributed by atoms with E-state index in [4.69, 9.17) is 4.74 Å². The first kappa shape index (κ1) is 22.3. The molecular formula is C25H30N2O4Si. The second-order valence-corrected chi connectivity index (χ2v) is 14.8. The van der Waals surface area contributed by atoms with Gasteiger partial charge in [0.25, 0.3) is 5.91 Å². The highest BCUT2D eigenvalue weighted by Gasteiger charge is 2.42. The Morgan fingerprint density at radius 3 is 2.56 bits per heavy atom. The van der Waals surface area contributed by atoms with Crippen molar-refractivity contribution in [2.24, 2.45) is 0 Å². The number of H-pyrrole nitrogens is 1. The number of rotatable bonds is 6. The second-order valence-electron chi connectivity index (χ2n) is 9.76. The highest BCUT2D eigenvalue weighted by atomic mass is 28.3. The van der Waals surface area contributed by atoms with Gasteiger partial charge in [-0.3, -0.25) is 9.59 Å². The maximum Gasteiger partial charge on any atom is 0.261 e. The maximum atomic E-state index is 13.2. The number of amides is 1. The topological polar surface area (TPSA) is 91.4 Å². The molecule has 1 saturated carbocycles. The van der Waals surface area contributed by atoms with Crippen molar-refractivity contribution in [2.75, 3.05) is 19.0 Å². The molecule has 0 unspecified atom stereocenters. The Labute approximate surface area is 188 Å². The molecule has 6 nitrogen and oxygen atoms in total. The van der Waals surface area contributed by atoms with E-state index in [9.17, 15) is 14.7 Å². The van der Waals surface area contributed by atoms with Crippen LogP contribution in [0.5, 0.6) is 5.75 Å². The van der Waals surface area contributed by atoms with Gasteiger partial charge in [-0.2, -0.15) is 0 Å². The van der Waals surface area contributed by atoms with Crippen LogP contribution in [-0.2, 0) is 10.2 Å². The van der Waals surface area contributed by atoms with E-state index in [2.05, 4.69) is 36.0 Å². The molecule has 0 atom stereocenters. The van der Waals surface area contributed by atoms with Crippen molar-refractivity contribution < 1.29 is 14.6 Å². The van der Waals surface area contributed by atoms with Gasteiger partial charge in [-0.25, -0.2) is 0 Å². The summed E-state index contributed by atoms with van der Waals surface area (Å²) < 4.78 is 5.55. The molecule has 0 saturated heterocycles. The number of fused-ring (bicyclic) bond motifs is 1. The van der Waals surface area contributed by atoms with Gasteiger partial charge in [0, 0.05) is 41.4 Å². The van der Waals surface area contributed by atoms with Gasteiger partial charge in [-0.05, 0) is 35.7 Å². The number of aromatic hydroxyl groups is 1. The molecule has 0 spiro atoms. The summed E-state index contributed by atoms with van der Waals surface area (Å²) in [6.07, 6.45) is 4.45. The van der Waals surface area contributed by atoms with Crippen LogP contribution < -0.4 is 15.9 Å². The van der Waals surface area contributed by atoms with Crippen LogP contribution in [0.3, 0.4) is 0 Å². The summed E-state index contributed by atoms with van der Waals surface area (Å²) in [5.41, 5.74) is 1.72. The molecule has 3 aromatic rings. The lowest BCUT2D eigenvalue weighted by Gasteiger charge is -2.43. The number of methoxy groups -OCH3 is 1. The van der Waals surface area contributed by atoms with Crippen molar-refractivity contribution >= 4 is 35.8 Å². The zero-order valence-electron chi connectivity index (χ0n) is 19.0. The second kappa shape index (κ2) is 8.22. The van der Waals surface area contributed by atoms with E-state index < -0.39 is 14.0 Å². The number of pyridine rings is 1. The quantitative estimate of drug-likeness (QED) is 0.493. The predicted octanol–water partition coefficient (Wildman–Crippen LogP) is 4.10. The van der Waals surface area contributed by atoms with Crippen molar-refractivity contribution in [1.29, 1.82) is 0 Å². The summed E-state index contributed by atoms with van der Waals surface area (Å²) in [7, 11) is -0.137. The van der Waals surface area contributed by atoms with E-state index in [0.29, 0.717) is 23.2 Å². The third-order valence-corrected chi connectivity index (χ3v) is 8.54. The minimum Gasteiger partial charge on any atom is -0.508 e. The number of nitrogens with one attached hydrogen (secondary N) is 2. The zero-order chi connectivity index (χ0) is 23.1. The van der Waals surface area contributed by atoms with Gasteiger partial charge in [0.2, 0.25) is 5.43 Å². The number of anilines is 1. The molecule has 7 heteroatoms. The molecule has 32 heavy (non-hydrogen) atoms. The Morgan fingerprint density at radius 2 is 1.94 bits per heavy atom. The fourth-order valence-corrected chi connectivity index (χ4v) is 6.05. The Hall–Kier alpha value is -2.90. The number of hydrogen-bond acceptors (Lipinski definition) is 4. The third-order valence-electron chi connectivity index (χ3n) is 6.53. The standard InChI is InChI=1S/C25H30N2O4Si/c1-31-15-25(10-7-11-25)18-12-22(32(2,3)4)21(28)13-20(18)27-24(30)17-14-26-19-9-6-5-8-16(19)23(17)29/h5-6,8-9,12-14,28H,7,10-11,15H2,1-4H3,(H,26,29)(H,27,30). The van der Waals surface area contributed by atoms with Crippen LogP contribution in [0.2, 0.25) is 19.6 Å². The van der Waals surface area contributed by atoms with Crippen LogP contribution in [0, 0.1) is 0 Å². The van der Waals surface area contributed by atoms with E-state index in [1.165, 1.54) is 6.20 Å². The average molecular weight is 451 g/mol. The number of hydrogen-bond donors (Lipinski definition) is 3. The molecule has 0 aliphatic heterocycles. The lowest BCUT2D eigenvalue weighted by atomic mass is 9.64. The van der Waals surface area contributed by atoms with Gasteiger partial charge < -0.3 is 20.1 Å². The van der Waals surface area contributed by atoms with Crippen LogP contribution in [0.15, 0.2) is 47.4 Å². The van der Waals surface area contributed by atoms with Crippen molar-refractivity contribution in [2.45, 2.75) is 44.3 Å². The molecule has 1 amide bonds. The fraction of sp³-hybridized carbons (Fsp3) is 0.360. The van der Waals surface area contributed by atoms with Crippen molar-refractivity contribution in [3.05, 3.63) is 63.9 Å². The molecule has 1 fully saturated rings. The summed E-state index contributed by atoms with van der Waals surface area (Å²) in [6.45, 7) is 7.09. The lowest BCUT2D eigenvalue weighted by Crippen LogP contribution is -2.43. The Bertz CT molecular complexity index is 1240. The first-order chi connectivity index (χ1) is 15.2. The average Bonchev–Trinajstić information content (AvgIpc) is 2.70. The molecule has 3 N–H and O–H groups in total. The summed E-state index contributed by atoms with van der Waals surface area (Å²) >= 11 is 0. The van der Waals surface area contributed by atoms with Crippen LogP contribution >= 0.6 is 0 Å². The van der Waals surface area contributed by atoms with Gasteiger partial charge >= 0.3 is 0 Å². The minimum atomic E-state index is -1.82. The molecule has 1 aliphatic rings. The molecule has 168 valence electrons. The van der Waals surface area contributed by atoms with E-state index >= 15 is 0 Å². The number of ether oxygens (including phenoxy) is 1. The fourth-order valence-electron chi connectivity index (χ4n) is 4.63. The molecule has 0 bridgehead atoms. The largest absolute Gasteiger partial charge is 0.508 e. The highest BCUT2D eigenvalue weighted by molar-refractivity contribution is 6.89. The molecular weight excluding hydrogens is 420 g/mol.